The molecule has 2 rings (SSSR count). The third kappa shape index (κ3) is 2.57. The maximum Gasteiger partial charge on any atom is 0.247 e. The number of rotatable bonds is 5. The summed E-state index contributed by atoms with van der Waals surface area (Å²) in [6.07, 6.45) is 4.62. The van der Waals surface area contributed by atoms with Gasteiger partial charge in [-0.1, -0.05) is 12.8 Å². The summed E-state index contributed by atoms with van der Waals surface area (Å²) >= 11 is 0. The lowest BCUT2D eigenvalue weighted by molar-refractivity contribution is -0.142. The monoisotopic (exact) mass is 253 g/mol. The van der Waals surface area contributed by atoms with Crippen molar-refractivity contribution in [3.8, 4) is 0 Å². The molecule has 1 heterocycles. The van der Waals surface area contributed by atoms with Crippen LogP contribution >= 0.6 is 0 Å². The first-order chi connectivity index (χ1) is 8.65. The number of imide groups is 1. The molecule has 2 fully saturated rings. The van der Waals surface area contributed by atoms with Gasteiger partial charge in [0.25, 0.3) is 0 Å². The fourth-order valence-electron chi connectivity index (χ4n) is 2.97. The second-order valence-electron chi connectivity index (χ2n) is 5.34. The lowest BCUT2D eigenvalue weighted by atomic mass is 10.2. The molecule has 0 spiro atoms. The number of amides is 2. The highest BCUT2D eigenvalue weighted by Crippen LogP contribution is 2.29. The fourth-order valence-corrected chi connectivity index (χ4v) is 2.97. The van der Waals surface area contributed by atoms with Crippen LogP contribution in [-0.4, -0.2) is 60.9 Å². The first-order valence-corrected chi connectivity index (χ1v) is 6.86. The van der Waals surface area contributed by atoms with Crippen LogP contribution in [0.3, 0.4) is 0 Å². The van der Waals surface area contributed by atoms with E-state index in [4.69, 9.17) is 0 Å². The standard InChI is InChI=1S/C13H23N3O2/c1-14-7-8-15(2)11-9-12(17)16(13(11)18)10-5-3-4-6-10/h10-11,14H,3-9H2,1-2H3. The highest BCUT2D eigenvalue weighted by molar-refractivity contribution is 6.05. The molecule has 1 unspecified atom stereocenters. The minimum Gasteiger partial charge on any atom is -0.318 e. The molecular weight excluding hydrogens is 230 g/mol. The van der Waals surface area contributed by atoms with Crippen LogP contribution in [0.15, 0.2) is 0 Å². The molecule has 1 saturated heterocycles. The van der Waals surface area contributed by atoms with Crippen LogP contribution < -0.4 is 5.32 Å². The van der Waals surface area contributed by atoms with Crippen LogP contribution in [0.4, 0.5) is 0 Å². The van der Waals surface area contributed by atoms with Crippen LogP contribution in [0.2, 0.25) is 0 Å². The van der Waals surface area contributed by atoms with Gasteiger partial charge in [0.1, 0.15) is 0 Å². The molecule has 1 aliphatic carbocycles. The molecule has 102 valence electrons. The summed E-state index contributed by atoms with van der Waals surface area (Å²) in [4.78, 5) is 27.9. The first-order valence-electron chi connectivity index (χ1n) is 6.86. The minimum absolute atomic E-state index is 0.0190. The van der Waals surface area contributed by atoms with Gasteiger partial charge in [0, 0.05) is 19.1 Å². The van der Waals surface area contributed by atoms with Gasteiger partial charge in [-0.15, -0.1) is 0 Å². The number of likely N-dealkylation sites (tertiary alicyclic amines) is 1. The van der Waals surface area contributed by atoms with Gasteiger partial charge in [-0.3, -0.25) is 19.4 Å². The van der Waals surface area contributed by atoms with Crippen LogP contribution in [0.5, 0.6) is 0 Å². The zero-order valence-corrected chi connectivity index (χ0v) is 11.3. The molecule has 1 aliphatic heterocycles. The van der Waals surface area contributed by atoms with Gasteiger partial charge in [0.05, 0.1) is 12.5 Å². The van der Waals surface area contributed by atoms with Crippen molar-refractivity contribution in [1.29, 1.82) is 0 Å². The van der Waals surface area contributed by atoms with Crippen LogP contribution in [0.25, 0.3) is 0 Å². The summed E-state index contributed by atoms with van der Waals surface area (Å²) in [5.41, 5.74) is 0. The quantitative estimate of drug-likeness (QED) is 0.712. The van der Waals surface area contributed by atoms with E-state index in [1.807, 2.05) is 19.0 Å². The summed E-state index contributed by atoms with van der Waals surface area (Å²) in [6, 6.07) is -0.0702. The average Bonchev–Trinajstić information content (AvgIpc) is 2.94. The Morgan fingerprint density at radius 3 is 2.61 bits per heavy atom. The van der Waals surface area contributed by atoms with Gasteiger partial charge in [-0.2, -0.15) is 0 Å². The van der Waals surface area contributed by atoms with E-state index in [1.165, 1.54) is 0 Å². The molecule has 0 radical (unpaired) electrons. The Hall–Kier alpha value is -0.940. The van der Waals surface area contributed by atoms with E-state index in [1.54, 1.807) is 4.90 Å². The Kier molecular flexibility index (Phi) is 4.35. The molecule has 0 aromatic carbocycles. The van der Waals surface area contributed by atoms with Crippen molar-refractivity contribution in [3.63, 3.8) is 0 Å². The van der Waals surface area contributed by atoms with Gasteiger partial charge in [-0.05, 0) is 26.9 Å². The van der Waals surface area contributed by atoms with Crippen molar-refractivity contribution >= 4 is 11.8 Å². The molecule has 0 aromatic heterocycles. The van der Waals surface area contributed by atoms with Crippen molar-refractivity contribution in [2.45, 2.75) is 44.2 Å². The van der Waals surface area contributed by atoms with Gasteiger partial charge >= 0.3 is 0 Å². The van der Waals surface area contributed by atoms with Gasteiger partial charge < -0.3 is 5.32 Å². The zero-order chi connectivity index (χ0) is 13.1. The third-order valence-corrected chi connectivity index (χ3v) is 4.10. The molecule has 0 aromatic rings. The van der Waals surface area contributed by atoms with E-state index < -0.39 is 0 Å². The van der Waals surface area contributed by atoms with E-state index >= 15 is 0 Å². The Bertz CT molecular complexity index is 326. The number of nitrogens with zero attached hydrogens (tertiary/aromatic N) is 2. The van der Waals surface area contributed by atoms with E-state index in [0.717, 1.165) is 38.8 Å². The third-order valence-electron chi connectivity index (χ3n) is 4.10. The Labute approximate surface area is 108 Å². The number of hydrogen-bond donors (Lipinski definition) is 1. The molecule has 2 aliphatic rings. The molecule has 5 heteroatoms. The second-order valence-corrected chi connectivity index (χ2v) is 5.34. The highest BCUT2D eigenvalue weighted by atomic mass is 16.2. The van der Waals surface area contributed by atoms with Crippen molar-refractivity contribution in [3.05, 3.63) is 0 Å². The van der Waals surface area contributed by atoms with Crippen molar-refractivity contribution in [1.82, 2.24) is 15.1 Å². The van der Waals surface area contributed by atoms with Gasteiger partial charge in [0.15, 0.2) is 0 Å². The molecule has 0 bridgehead atoms. The lowest BCUT2D eigenvalue weighted by Crippen LogP contribution is -2.44. The summed E-state index contributed by atoms with van der Waals surface area (Å²) in [6.45, 7) is 1.62. The SMILES string of the molecule is CNCCN(C)C1CC(=O)N(C2CCCC2)C1=O. The highest BCUT2D eigenvalue weighted by Gasteiger charge is 2.44. The molecule has 18 heavy (non-hydrogen) atoms. The normalized spacial score (nSPS) is 25.7. The summed E-state index contributed by atoms with van der Waals surface area (Å²) in [5, 5.41) is 3.06. The summed E-state index contributed by atoms with van der Waals surface area (Å²) < 4.78 is 0. The van der Waals surface area contributed by atoms with Gasteiger partial charge in [-0.25, -0.2) is 0 Å². The molecule has 5 nitrogen and oxygen atoms in total. The summed E-state index contributed by atoms with van der Waals surface area (Å²) in [7, 11) is 3.81. The molecule has 2 amide bonds. The number of carbonyl (C=O) groups is 2. The van der Waals surface area contributed by atoms with Crippen LogP contribution in [0.1, 0.15) is 32.1 Å². The number of likely N-dealkylation sites (N-methyl/N-ethyl adjacent to an activating group) is 2. The second kappa shape index (κ2) is 5.80. The van der Waals surface area contributed by atoms with Crippen LogP contribution in [-0.2, 0) is 9.59 Å². The van der Waals surface area contributed by atoms with E-state index in [9.17, 15) is 9.59 Å². The predicted molar refractivity (Wildman–Crippen MR) is 69.1 cm³/mol. The van der Waals surface area contributed by atoms with E-state index in [0.29, 0.717) is 6.42 Å². The average molecular weight is 253 g/mol. The zero-order valence-electron chi connectivity index (χ0n) is 11.3. The first kappa shape index (κ1) is 13.5. The smallest absolute Gasteiger partial charge is 0.247 e. The molecule has 1 saturated carbocycles. The Morgan fingerprint density at radius 2 is 2.00 bits per heavy atom. The molecular formula is C13H23N3O2. The molecule has 1 N–H and O–H groups in total. The van der Waals surface area contributed by atoms with Gasteiger partial charge in [0.2, 0.25) is 11.8 Å². The largest absolute Gasteiger partial charge is 0.318 e. The Balaban J connectivity index is 1.99. The van der Waals surface area contributed by atoms with Crippen molar-refractivity contribution < 1.29 is 9.59 Å². The fraction of sp³-hybridized carbons (Fsp3) is 0.846. The topological polar surface area (TPSA) is 52.7 Å². The van der Waals surface area contributed by atoms with E-state index in [-0.39, 0.29) is 23.9 Å². The van der Waals surface area contributed by atoms with Crippen LogP contribution in [0, 0.1) is 0 Å². The van der Waals surface area contributed by atoms with Crippen molar-refractivity contribution in [2.75, 3.05) is 27.2 Å². The minimum atomic E-state index is -0.244. The molecule has 1 atom stereocenters. The number of carbonyl (C=O) groups excluding carboxylic acids is 2. The maximum absolute atomic E-state index is 12.4. The number of nitrogens with one attached hydrogen (secondary N) is 1. The predicted octanol–water partition coefficient (Wildman–Crippen LogP) is 0.208. The maximum atomic E-state index is 12.4. The lowest BCUT2D eigenvalue weighted by Gasteiger charge is -2.25. The van der Waals surface area contributed by atoms with Crippen molar-refractivity contribution in [2.24, 2.45) is 0 Å². The number of hydrogen-bond acceptors (Lipinski definition) is 4. The Morgan fingerprint density at radius 1 is 1.33 bits per heavy atom. The summed E-state index contributed by atoms with van der Waals surface area (Å²) in [5.74, 6) is 0.0405. The van der Waals surface area contributed by atoms with E-state index in [2.05, 4.69) is 5.32 Å².